The topological polar surface area (TPSA) is 92.6 Å². The van der Waals surface area contributed by atoms with Crippen LogP contribution in [0.15, 0.2) is 23.1 Å². The summed E-state index contributed by atoms with van der Waals surface area (Å²) in [6.45, 7) is 2.88. The van der Waals surface area contributed by atoms with Gasteiger partial charge in [-0.25, -0.2) is 8.42 Å². The van der Waals surface area contributed by atoms with Crippen LogP contribution in [-0.4, -0.2) is 37.8 Å². The molecule has 1 unspecified atom stereocenters. The molecular weight excluding hydrogens is 294 g/mol. The molecule has 1 heterocycles. The highest BCUT2D eigenvalue weighted by atomic mass is 32.2. The van der Waals surface area contributed by atoms with Crippen molar-refractivity contribution in [2.24, 2.45) is 5.92 Å². The molecule has 1 saturated heterocycles. The standard InChI is InChI=1S/C13H19N3O4S/c1-3-10-6-7-15(9-10)21(19,20)13-5-4-11(14-2)8-12(13)16(17)18/h4-5,8,10,14H,3,6-7,9H2,1-2H3. The highest BCUT2D eigenvalue weighted by molar-refractivity contribution is 7.89. The maximum Gasteiger partial charge on any atom is 0.291 e. The van der Waals surface area contributed by atoms with Gasteiger partial charge in [0.05, 0.1) is 4.92 Å². The average molecular weight is 313 g/mol. The lowest BCUT2D eigenvalue weighted by Crippen LogP contribution is -2.29. The number of nitrogens with zero attached hydrogens (tertiary/aromatic N) is 2. The van der Waals surface area contributed by atoms with Crippen LogP contribution in [0, 0.1) is 16.0 Å². The smallest absolute Gasteiger partial charge is 0.291 e. The van der Waals surface area contributed by atoms with Crippen LogP contribution in [0.1, 0.15) is 19.8 Å². The van der Waals surface area contributed by atoms with E-state index in [0.717, 1.165) is 12.8 Å². The van der Waals surface area contributed by atoms with Crippen LogP contribution in [0.25, 0.3) is 0 Å². The summed E-state index contributed by atoms with van der Waals surface area (Å²) in [5.41, 5.74) is 0.121. The lowest BCUT2D eigenvalue weighted by atomic mass is 10.1. The molecule has 8 heteroatoms. The van der Waals surface area contributed by atoms with Crippen LogP contribution >= 0.6 is 0 Å². The Kier molecular flexibility index (Phi) is 4.48. The lowest BCUT2D eigenvalue weighted by molar-refractivity contribution is -0.387. The van der Waals surface area contributed by atoms with E-state index < -0.39 is 14.9 Å². The summed E-state index contributed by atoms with van der Waals surface area (Å²) in [6, 6.07) is 4.09. The molecule has 1 aliphatic heterocycles. The molecule has 7 nitrogen and oxygen atoms in total. The molecule has 1 fully saturated rings. The molecule has 21 heavy (non-hydrogen) atoms. The molecule has 1 N–H and O–H groups in total. The second-order valence-corrected chi connectivity index (χ2v) is 7.02. The maximum absolute atomic E-state index is 12.6. The predicted molar refractivity (Wildman–Crippen MR) is 79.8 cm³/mol. The van der Waals surface area contributed by atoms with Gasteiger partial charge in [0.15, 0.2) is 4.90 Å². The Morgan fingerprint density at radius 1 is 1.48 bits per heavy atom. The minimum Gasteiger partial charge on any atom is -0.388 e. The molecule has 1 atom stereocenters. The van der Waals surface area contributed by atoms with Crippen molar-refractivity contribution < 1.29 is 13.3 Å². The molecule has 0 aliphatic carbocycles. The molecule has 0 saturated carbocycles. The van der Waals surface area contributed by atoms with Gasteiger partial charge in [0.25, 0.3) is 5.69 Å². The van der Waals surface area contributed by atoms with Crippen molar-refractivity contribution in [2.45, 2.75) is 24.7 Å². The highest BCUT2D eigenvalue weighted by Gasteiger charge is 2.36. The molecule has 116 valence electrons. The Hall–Kier alpha value is -1.67. The highest BCUT2D eigenvalue weighted by Crippen LogP contribution is 2.32. The summed E-state index contributed by atoms with van der Waals surface area (Å²) in [5.74, 6) is 0.329. The van der Waals surface area contributed by atoms with Gasteiger partial charge in [-0.15, -0.1) is 0 Å². The van der Waals surface area contributed by atoms with Crippen LogP contribution in [0.4, 0.5) is 11.4 Å². The number of rotatable bonds is 5. The Labute approximate surface area is 124 Å². The van der Waals surface area contributed by atoms with E-state index in [1.165, 1.54) is 22.5 Å². The molecule has 1 aliphatic rings. The van der Waals surface area contributed by atoms with E-state index in [9.17, 15) is 18.5 Å². The van der Waals surface area contributed by atoms with Gasteiger partial charge in [-0.3, -0.25) is 10.1 Å². The summed E-state index contributed by atoms with van der Waals surface area (Å²) < 4.78 is 26.6. The Morgan fingerprint density at radius 3 is 2.71 bits per heavy atom. The van der Waals surface area contributed by atoms with Gasteiger partial charge in [0.1, 0.15) is 0 Å². The van der Waals surface area contributed by atoms with Crippen LogP contribution in [0.5, 0.6) is 0 Å². The number of nitrogens with one attached hydrogen (secondary N) is 1. The third kappa shape index (κ3) is 3.01. The zero-order chi connectivity index (χ0) is 15.6. The number of sulfonamides is 1. The molecule has 2 rings (SSSR count). The van der Waals surface area contributed by atoms with E-state index in [-0.39, 0.29) is 10.6 Å². The fourth-order valence-corrected chi connectivity index (χ4v) is 4.19. The minimum atomic E-state index is -3.82. The van der Waals surface area contributed by atoms with Crippen LogP contribution in [0.3, 0.4) is 0 Å². The lowest BCUT2D eigenvalue weighted by Gasteiger charge is -2.16. The quantitative estimate of drug-likeness (QED) is 0.663. The van der Waals surface area contributed by atoms with Gasteiger partial charge >= 0.3 is 0 Å². The minimum absolute atomic E-state index is 0.233. The predicted octanol–water partition coefficient (Wildman–Crippen LogP) is 2.06. The number of nitro groups is 1. The fraction of sp³-hybridized carbons (Fsp3) is 0.538. The van der Waals surface area contributed by atoms with E-state index in [0.29, 0.717) is 24.7 Å². The molecule has 0 radical (unpaired) electrons. The first-order valence-electron chi connectivity index (χ1n) is 6.86. The van der Waals surface area contributed by atoms with E-state index in [4.69, 9.17) is 0 Å². The Bertz CT molecular complexity index is 645. The van der Waals surface area contributed by atoms with Gasteiger partial charge in [0.2, 0.25) is 10.0 Å². The summed E-state index contributed by atoms with van der Waals surface area (Å²) in [4.78, 5) is 10.3. The molecule has 1 aromatic carbocycles. The fourth-order valence-electron chi connectivity index (χ4n) is 2.52. The second-order valence-electron chi connectivity index (χ2n) is 5.12. The first-order valence-corrected chi connectivity index (χ1v) is 8.30. The van der Waals surface area contributed by atoms with Gasteiger partial charge < -0.3 is 5.32 Å². The van der Waals surface area contributed by atoms with Crippen molar-refractivity contribution >= 4 is 21.4 Å². The SMILES string of the molecule is CCC1CCN(S(=O)(=O)c2ccc(NC)cc2[N+](=O)[O-])C1. The number of benzene rings is 1. The van der Waals surface area contributed by atoms with Crippen molar-refractivity contribution in [3.8, 4) is 0 Å². The summed E-state index contributed by atoms with van der Waals surface area (Å²) >= 11 is 0. The Morgan fingerprint density at radius 2 is 2.19 bits per heavy atom. The average Bonchev–Trinajstić information content (AvgIpc) is 2.96. The van der Waals surface area contributed by atoms with E-state index in [1.54, 1.807) is 7.05 Å². The van der Waals surface area contributed by atoms with Gasteiger partial charge in [-0.1, -0.05) is 13.3 Å². The summed E-state index contributed by atoms with van der Waals surface area (Å²) in [6.07, 6.45) is 1.71. The van der Waals surface area contributed by atoms with Gasteiger partial charge in [0, 0.05) is 31.9 Å². The number of hydrogen-bond acceptors (Lipinski definition) is 5. The maximum atomic E-state index is 12.6. The van der Waals surface area contributed by atoms with Gasteiger partial charge in [-0.05, 0) is 24.5 Å². The third-order valence-corrected chi connectivity index (χ3v) is 5.80. The molecule has 0 amide bonds. The van der Waals surface area contributed by atoms with Crippen LogP contribution in [0.2, 0.25) is 0 Å². The van der Waals surface area contributed by atoms with E-state index in [1.807, 2.05) is 6.92 Å². The number of anilines is 1. The summed E-state index contributed by atoms with van der Waals surface area (Å²) in [7, 11) is -2.19. The summed E-state index contributed by atoms with van der Waals surface area (Å²) in [5, 5.41) is 13.9. The normalized spacial score (nSPS) is 19.6. The van der Waals surface area contributed by atoms with Crippen molar-refractivity contribution in [3.05, 3.63) is 28.3 Å². The zero-order valence-electron chi connectivity index (χ0n) is 12.1. The van der Waals surface area contributed by atoms with Crippen molar-refractivity contribution in [3.63, 3.8) is 0 Å². The van der Waals surface area contributed by atoms with Crippen LogP contribution < -0.4 is 5.32 Å². The van der Waals surface area contributed by atoms with Crippen LogP contribution in [-0.2, 0) is 10.0 Å². The first-order chi connectivity index (χ1) is 9.90. The van der Waals surface area contributed by atoms with E-state index >= 15 is 0 Å². The monoisotopic (exact) mass is 313 g/mol. The van der Waals surface area contributed by atoms with Crippen molar-refractivity contribution in [2.75, 3.05) is 25.5 Å². The Balaban J connectivity index is 2.43. The second kappa shape index (κ2) is 5.98. The molecule has 0 bridgehead atoms. The van der Waals surface area contributed by atoms with Crippen molar-refractivity contribution in [1.29, 1.82) is 0 Å². The largest absolute Gasteiger partial charge is 0.388 e. The zero-order valence-corrected chi connectivity index (χ0v) is 12.9. The molecule has 0 spiro atoms. The molecular formula is C13H19N3O4S. The molecule has 1 aromatic rings. The van der Waals surface area contributed by atoms with Gasteiger partial charge in [-0.2, -0.15) is 4.31 Å². The molecule has 0 aromatic heterocycles. The number of hydrogen-bond donors (Lipinski definition) is 1. The first kappa shape index (κ1) is 15.7. The third-order valence-electron chi connectivity index (χ3n) is 3.89. The van der Waals surface area contributed by atoms with E-state index in [2.05, 4.69) is 5.32 Å². The van der Waals surface area contributed by atoms with Crippen molar-refractivity contribution in [1.82, 2.24) is 4.31 Å². The number of nitro benzene ring substituents is 1.